The van der Waals surface area contributed by atoms with E-state index in [0.717, 1.165) is 5.56 Å². The van der Waals surface area contributed by atoms with E-state index in [1.165, 1.54) is 30.5 Å². The van der Waals surface area contributed by atoms with Crippen molar-refractivity contribution in [1.82, 2.24) is 4.98 Å². The van der Waals surface area contributed by atoms with Crippen LogP contribution in [0.15, 0.2) is 42.6 Å². The summed E-state index contributed by atoms with van der Waals surface area (Å²) >= 11 is 3.31. The highest BCUT2D eigenvalue weighted by Gasteiger charge is 2.19. The molecule has 1 aromatic carbocycles. The average Bonchev–Trinajstić information content (AvgIpc) is 2.38. The van der Waals surface area contributed by atoms with Crippen LogP contribution in [0.4, 0.5) is 10.2 Å². The van der Waals surface area contributed by atoms with Crippen molar-refractivity contribution in [2.45, 2.75) is 4.83 Å². The number of hydrogen-bond acceptors (Lipinski definition) is 3. The molecule has 0 bridgehead atoms. The van der Waals surface area contributed by atoms with Gasteiger partial charge in [-0.05, 0) is 42.0 Å². The molecule has 1 atom stereocenters. The van der Waals surface area contributed by atoms with Gasteiger partial charge in [0.2, 0.25) is 0 Å². The number of benzene rings is 1. The maximum absolute atomic E-state index is 12.8. The van der Waals surface area contributed by atoms with Crippen LogP contribution in [0.25, 0.3) is 0 Å². The predicted octanol–water partition coefficient (Wildman–Crippen LogP) is 3.12. The van der Waals surface area contributed by atoms with Crippen LogP contribution in [0.1, 0.15) is 20.7 Å². The molecule has 1 aromatic heterocycles. The van der Waals surface area contributed by atoms with Gasteiger partial charge in [0.15, 0.2) is 5.78 Å². The highest BCUT2D eigenvalue weighted by molar-refractivity contribution is 9.09. The summed E-state index contributed by atoms with van der Waals surface area (Å²) in [5, 5.41) is 0. The molecule has 2 N–H and O–H groups in total. The Morgan fingerprint density at radius 2 is 1.94 bits per heavy atom. The fraction of sp³-hybridized carbons (Fsp3) is 0.0769. The monoisotopic (exact) mass is 308 g/mol. The first-order valence-electron chi connectivity index (χ1n) is 5.23. The van der Waals surface area contributed by atoms with E-state index >= 15 is 0 Å². The number of hydrogen-bond donors (Lipinski definition) is 1. The van der Waals surface area contributed by atoms with Crippen LogP contribution >= 0.6 is 15.9 Å². The maximum atomic E-state index is 12.8. The van der Waals surface area contributed by atoms with Crippen molar-refractivity contribution >= 4 is 27.5 Å². The van der Waals surface area contributed by atoms with E-state index in [2.05, 4.69) is 20.9 Å². The molecule has 92 valence electrons. The van der Waals surface area contributed by atoms with E-state index in [4.69, 9.17) is 5.73 Å². The number of nitrogens with two attached hydrogens (primary N) is 1. The van der Waals surface area contributed by atoms with E-state index < -0.39 is 4.83 Å². The number of carbonyl (C=O) groups excluding carboxylic acids is 1. The molecule has 18 heavy (non-hydrogen) atoms. The Morgan fingerprint density at radius 3 is 2.56 bits per heavy atom. The molecule has 0 aliphatic heterocycles. The van der Waals surface area contributed by atoms with Crippen molar-refractivity contribution in [3.05, 3.63) is 59.5 Å². The predicted molar refractivity (Wildman–Crippen MR) is 71.0 cm³/mol. The van der Waals surface area contributed by atoms with Crippen LogP contribution in [0.3, 0.4) is 0 Å². The van der Waals surface area contributed by atoms with Gasteiger partial charge in [0.1, 0.15) is 16.5 Å². The number of Topliss-reactive ketones (excluding diaryl/α,β-unsaturated/α-hetero) is 1. The topological polar surface area (TPSA) is 56.0 Å². The first kappa shape index (κ1) is 12.7. The van der Waals surface area contributed by atoms with Crippen molar-refractivity contribution < 1.29 is 9.18 Å². The molecule has 2 aromatic rings. The van der Waals surface area contributed by atoms with Gasteiger partial charge < -0.3 is 5.73 Å². The summed E-state index contributed by atoms with van der Waals surface area (Å²) < 4.78 is 12.8. The van der Waals surface area contributed by atoms with Gasteiger partial charge in [0.05, 0.1) is 0 Å². The van der Waals surface area contributed by atoms with Crippen molar-refractivity contribution in [3.63, 3.8) is 0 Å². The normalized spacial score (nSPS) is 12.1. The molecule has 0 fully saturated rings. The number of rotatable bonds is 3. The third-order valence-corrected chi connectivity index (χ3v) is 3.40. The molecule has 5 heteroatoms. The Bertz CT molecular complexity index is 571. The Morgan fingerprint density at radius 1 is 1.28 bits per heavy atom. The summed E-state index contributed by atoms with van der Waals surface area (Å²) in [6, 6.07) is 8.76. The number of alkyl halides is 1. The fourth-order valence-corrected chi connectivity index (χ4v) is 2.08. The zero-order valence-electron chi connectivity index (χ0n) is 9.31. The van der Waals surface area contributed by atoms with Gasteiger partial charge in [-0.2, -0.15) is 0 Å². The summed E-state index contributed by atoms with van der Waals surface area (Å²) in [7, 11) is 0. The van der Waals surface area contributed by atoms with Gasteiger partial charge in [0.25, 0.3) is 0 Å². The standard InChI is InChI=1S/C13H10BrFN2O/c14-12(9-5-6-17-11(16)7-9)13(18)8-1-3-10(15)4-2-8/h1-7,12H,(H2,16,17). The number of ketones is 1. The zero-order valence-corrected chi connectivity index (χ0v) is 10.9. The molecule has 0 radical (unpaired) electrons. The Kier molecular flexibility index (Phi) is 3.72. The second-order valence-electron chi connectivity index (χ2n) is 3.75. The second kappa shape index (κ2) is 5.27. The molecular formula is C13H10BrFN2O. The van der Waals surface area contributed by atoms with E-state index in [-0.39, 0.29) is 11.6 Å². The van der Waals surface area contributed by atoms with Gasteiger partial charge in [-0.3, -0.25) is 4.79 Å². The highest BCUT2D eigenvalue weighted by Crippen LogP contribution is 2.27. The van der Waals surface area contributed by atoms with Crippen molar-refractivity contribution in [3.8, 4) is 0 Å². The van der Waals surface area contributed by atoms with Crippen LogP contribution in [0.2, 0.25) is 0 Å². The first-order chi connectivity index (χ1) is 8.58. The molecule has 1 heterocycles. The number of nitrogens with zero attached hydrogens (tertiary/aromatic N) is 1. The van der Waals surface area contributed by atoms with Crippen LogP contribution < -0.4 is 5.73 Å². The average molecular weight is 309 g/mol. The largest absolute Gasteiger partial charge is 0.384 e. The Balaban J connectivity index is 2.26. The summed E-state index contributed by atoms with van der Waals surface area (Å²) in [6.07, 6.45) is 1.54. The minimum atomic E-state index is -0.520. The number of anilines is 1. The van der Waals surface area contributed by atoms with Gasteiger partial charge >= 0.3 is 0 Å². The number of carbonyl (C=O) groups is 1. The van der Waals surface area contributed by atoms with E-state index in [0.29, 0.717) is 11.4 Å². The Hall–Kier alpha value is -1.75. The van der Waals surface area contributed by atoms with Gasteiger partial charge in [0, 0.05) is 11.8 Å². The third-order valence-electron chi connectivity index (χ3n) is 2.46. The number of pyridine rings is 1. The maximum Gasteiger partial charge on any atom is 0.180 e. The minimum Gasteiger partial charge on any atom is -0.384 e. The lowest BCUT2D eigenvalue weighted by Crippen LogP contribution is -2.07. The molecular weight excluding hydrogens is 299 g/mol. The fourth-order valence-electron chi connectivity index (χ4n) is 1.54. The SMILES string of the molecule is Nc1cc(C(Br)C(=O)c2ccc(F)cc2)ccn1. The third kappa shape index (κ3) is 2.73. The zero-order chi connectivity index (χ0) is 13.1. The molecule has 0 aliphatic rings. The number of aromatic nitrogens is 1. The van der Waals surface area contributed by atoms with E-state index in [1.807, 2.05) is 0 Å². The molecule has 0 saturated heterocycles. The molecule has 0 spiro atoms. The van der Waals surface area contributed by atoms with E-state index in [1.54, 1.807) is 12.1 Å². The quantitative estimate of drug-likeness (QED) is 0.700. The van der Waals surface area contributed by atoms with Crippen molar-refractivity contribution in [1.29, 1.82) is 0 Å². The molecule has 3 nitrogen and oxygen atoms in total. The van der Waals surface area contributed by atoms with Crippen LogP contribution in [0.5, 0.6) is 0 Å². The summed E-state index contributed by atoms with van der Waals surface area (Å²) in [4.78, 5) is 15.5. The highest BCUT2D eigenvalue weighted by atomic mass is 79.9. The molecule has 2 rings (SSSR count). The number of nitrogen functional groups attached to an aromatic ring is 1. The van der Waals surface area contributed by atoms with Crippen molar-refractivity contribution in [2.75, 3.05) is 5.73 Å². The van der Waals surface area contributed by atoms with Crippen LogP contribution in [-0.4, -0.2) is 10.8 Å². The van der Waals surface area contributed by atoms with Crippen molar-refractivity contribution in [2.24, 2.45) is 0 Å². The molecule has 0 aliphatic carbocycles. The molecule has 1 unspecified atom stereocenters. The Labute approximate surface area is 112 Å². The molecule has 0 saturated carbocycles. The smallest absolute Gasteiger partial charge is 0.180 e. The molecule has 0 amide bonds. The van der Waals surface area contributed by atoms with Gasteiger partial charge in [-0.15, -0.1) is 0 Å². The van der Waals surface area contributed by atoms with Crippen LogP contribution in [0, 0.1) is 5.82 Å². The second-order valence-corrected chi connectivity index (χ2v) is 4.66. The van der Waals surface area contributed by atoms with Gasteiger partial charge in [-0.25, -0.2) is 9.37 Å². The first-order valence-corrected chi connectivity index (χ1v) is 6.15. The minimum absolute atomic E-state index is 0.152. The number of halogens is 2. The van der Waals surface area contributed by atoms with E-state index in [9.17, 15) is 9.18 Å². The summed E-state index contributed by atoms with van der Waals surface area (Å²) in [5.74, 6) is -0.171. The lowest BCUT2D eigenvalue weighted by molar-refractivity contribution is 0.0991. The lowest BCUT2D eigenvalue weighted by atomic mass is 10.0. The summed E-state index contributed by atoms with van der Waals surface area (Å²) in [5.41, 5.74) is 6.72. The summed E-state index contributed by atoms with van der Waals surface area (Å²) in [6.45, 7) is 0. The van der Waals surface area contributed by atoms with Crippen LogP contribution in [-0.2, 0) is 0 Å². The van der Waals surface area contributed by atoms with Gasteiger partial charge in [-0.1, -0.05) is 15.9 Å². The lowest BCUT2D eigenvalue weighted by Gasteiger charge is -2.09.